The third-order valence-electron chi connectivity index (χ3n) is 3.20. The van der Waals surface area contributed by atoms with Crippen molar-refractivity contribution >= 4 is 5.91 Å². The lowest BCUT2D eigenvalue weighted by Crippen LogP contribution is -2.41. The summed E-state index contributed by atoms with van der Waals surface area (Å²) >= 11 is 0. The van der Waals surface area contributed by atoms with E-state index in [1.807, 2.05) is 24.8 Å². The van der Waals surface area contributed by atoms with Gasteiger partial charge >= 0.3 is 0 Å². The lowest BCUT2D eigenvalue weighted by Gasteiger charge is -2.27. The van der Waals surface area contributed by atoms with Gasteiger partial charge in [0.05, 0.1) is 5.56 Å². The van der Waals surface area contributed by atoms with E-state index < -0.39 is 0 Å². The number of aromatic nitrogens is 1. The highest BCUT2D eigenvalue weighted by Gasteiger charge is 2.26. The zero-order valence-corrected chi connectivity index (χ0v) is 10.4. The second-order valence-corrected chi connectivity index (χ2v) is 4.49. The van der Waals surface area contributed by atoms with Gasteiger partial charge in [0.15, 0.2) is 0 Å². The molecular weight excluding hydrogens is 214 g/mol. The molecule has 0 bridgehead atoms. The van der Waals surface area contributed by atoms with Crippen LogP contribution in [0.4, 0.5) is 0 Å². The van der Waals surface area contributed by atoms with Gasteiger partial charge < -0.3 is 10.2 Å². The van der Waals surface area contributed by atoms with Gasteiger partial charge in [0.2, 0.25) is 0 Å². The molecule has 1 aliphatic rings. The fraction of sp³-hybridized carbons (Fsp3) is 0.538. The lowest BCUT2D eigenvalue weighted by molar-refractivity contribution is 0.0703. The van der Waals surface area contributed by atoms with Crippen molar-refractivity contribution in [3.05, 3.63) is 29.6 Å². The summed E-state index contributed by atoms with van der Waals surface area (Å²) in [6.45, 7) is 6.63. The van der Waals surface area contributed by atoms with Gasteiger partial charge in [-0.2, -0.15) is 0 Å². The summed E-state index contributed by atoms with van der Waals surface area (Å²) in [7, 11) is 0. The first kappa shape index (κ1) is 12.0. The van der Waals surface area contributed by atoms with Crippen molar-refractivity contribution in [2.75, 3.05) is 19.6 Å². The molecule has 1 atom stereocenters. The van der Waals surface area contributed by atoms with Gasteiger partial charge in [0.1, 0.15) is 0 Å². The van der Waals surface area contributed by atoms with Crippen LogP contribution in [0.15, 0.2) is 18.5 Å². The second kappa shape index (κ2) is 5.27. The van der Waals surface area contributed by atoms with E-state index in [1.165, 1.54) is 0 Å². The Balaban J connectivity index is 2.16. The molecule has 1 N–H and O–H groups in total. The number of rotatable bonds is 3. The molecule has 1 saturated heterocycles. The molecule has 0 spiro atoms. The number of carbonyl (C=O) groups is 1. The Labute approximate surface area is 102 Å². The molecule has 1 fully saturated rings. The lowest BCUT2D eigenvalue weighted by atomic mass is 10.1. The summed E-state index contributed by atoms with van der Waals surface area (Å²) in [5, 5.41) is 3.30. The molecule has 0 saturated carbocycles. The normalized spacial score (nSPS) is 19.3. The largest absolute Gasteiger partial charge is 0.335 e. The number of nitrogens with one attached hydrogen (secondary N) is 1. The van der Waals surface area contributed by atoms with Crippen LogP contribution >= 0.6 is 0 Å². The molecule has 1 aromatic rings. The molecule has 0 aromatic carbocycles. The van der Waals surface area contributed by atoms with E-state index >= 15 is 0 Å². The van der Waals surface area contributed by atoms with Gasteiger partial charge in [-0.15, -0.1) is 0 Å². The van der Waals surface area contributed by atoms with Crippen LogP contribution in [0.1, 0.15) is 29.3 Å². The second-order valence-electron chi connectivity index (χ2n) is 4.49. The number of amides is 1. The number of hydrogen-bond donors (Lipinski definition) is 1. The number of aryl methyl sites for hydroxylation is 1. The average molecular weight is 233 g/mol. The summed E-state index contributed by atoms with van der Waals surface area (Å²) < 4.78 is 0. The molecule has 0 radical (unpaired) electrons. The van der Waals surface area contributed by atoms with Crippen molar-refractivity contribution in [1.82, 2.24) is 15.2 Å². The molecule has 0 aliphatic carbocycles. The maximum atomic E-state index is 12.4. The highest BCUT2D eigenvalue weighted by Crippen LogP contribution is 2.13. The van der Waals surface area contributed by atoms with Gasteiger partial charge in [-0.25, -0.2) is 0 Å². The minimum Gasteiger partial charge on any atom is -0.335 e. The van der Waals surface area contributed by atoms with Gasteiger partial charge in [-0.05, 0) is 38.4 Å². The summed E-state index contributed by atoms with van der Waals surface area (Å²) in [6, 6.07) is 2.23. The number of hydrogen-bond acceptors (Lipinski definition) is 3. The average Bonchev–Trinajstić information content (AvgIpc) is 2.83. The summed E-state index contributed by atoms with van der Waals surface area (Å²) in [4.78, 5) is 18.4. The van der Waals surface area contributed by atoms with Crippen molar-refractivity contribution in [2.24, 2.45) is 0 Å². The smallest absolute Gasteiger partial charge is 0.255 e. The van der Waals surface area contributed by atoms with Gasteiger partial charge in [0.25, 0.3) is 5.91 Å². The van der Waals surface area contributed by atoms with Crippen LogP contribution in [0.5, 0.6) is 0 Å². The Morgan fingerprint density at radius 3 is 3.00 bits per heavy atom. The first-order valence-corrected chi connectivity index (χ1v) is 6.15. The van der Waals surface area contributed by atoms with E-state index in [0.29, 0.717) is 11.6 Å². The van der Waals surface area contributed by atoms with Crippen molar-refractivity contribution in [2.45, 2.75) is 26.3 Å². The highest BCUT2D eigenvalue weighted by atomic mass is 16.2. The first-order valence-electron chi connectivity index (χ1n) is 6.15. The Kier molecular flexibility index (Phi) is 3.74. The topological polar surface area (TPSA) is 45.2 Å². The number of carbonyl (C=O) groups excluding carboxylic acids is 1. The van der Waals surface area contributed by atoms with Crippen LogP contribution in [0.3, 0.4) is 0 Å². The fourth-order valence-electron chi connectivity index (χ4n) is 2.31. The van der Waals surface area contributed by atoms with E-state index in [1.54, 1.807) is 12.4 Å². The molecule has 1 amide bonds. The maximum absolute atomic E-state index is 12.4. The Bertz CT molecular complexity index is 399. The van der Waals surface area contributed by atoms with Crippen molar-refractivity contribution in [1.29, 1.82) is 0 Å². The highest BCUT2D eigenvalue weighted by molar-refractivity contribution is 5.94. The van der Waals surface area contributed by atoms with E-state index in [-0.39, 0.29) is 5.91 Å². The van der Waals surface area contributed by atoms with Crippen molar-refractivity contribution in [3.63, 3.8) is 0 Å². The van der Waals surface area contributed by atoms with E-state index in [4.69, 9.17) is 0 Å². The third kappa shape index (κ3) is 2.64. The molecule has 1 aliphatic heterocycles. The third-order valence-corrected chi connectivity index (χ3v) is 3.20. The molecular formula is C13H19N3O. The van der Waals surface area contributed by atoms with Crippen LogP contribution in [0, 0.1) is 6.92 Å². The Morgan fingerprint density at radius 1 is 1.59 bits per heavy atom. The minimum atomic E-state index is 0.0948. The zero-order valence-electron chi connectivity index (χ0n) is 10.4. The molecule has 1 aromatic heterocycles. The minimum absolute atomic E-state index is 0.0948. The summed E-state index contributed by atoms with van der Waals surface area (Å²) in [5.74, 6) is 0.0948. The predicted molar refractivity (Wildman–Crippen MR) is 67.0 cm³/mol. The van der Waals surface area contributed by atoms with Gasteiger partial charge in [-0.1, -0.05) is 0 Å². The SMILES string of the molecule is CCN(C(=O)c1cncc(C)c1)C1CCNC1. The monoisotopic (exact) mass is 233 g/mol. The van der Waals surface area contributed by atoms with E-state index in [2.05, 4.69) is 10.3 Å². The number of pyridine rings is 1. The first-order chi connectivity index (χ1) is 8.22. The standard InChI is InChI=1S/C13H19N3O/c1-3-16(12-4-5-14-9-12)13(17)11-6-10(2)7-15-8-11/h6-8,12,14H,3-5,9H2,1-2H3. The Hall–Kier alpha value is -1.42. The number of likely N-dealkylation sites (N-methyl/N-ethyl adjacent to an activating group) is 1. The molecule has 17 heavy (non-hydrogen) atoms. The molecule has 4 nitrogen and oxygen atoms in total. The predicted octanol–water partition coefficient (Wildman–Crippen LogP) is 1.21. The van der Waals surface area contributed by atoms with Gasteiger partial charge in [-0.3, -0.25) is 9.78 Å². The number of nitrogens with zero attached hydrogens (tertiary/aromatic N) is 2. The van der Waals surface area contributed by atoms with Gasteiger partial charge in [0, 0.05) is 31.5 Å². The summed E-state index contributed by atoms with van der Waals surface area (Å²) in [5.41, 5.74) is 1.72. The molecule has 2 heterocycles. The van der Waals surface area contributed by atoms with E-state index in [0.717, 1.165) is 31.6 Å². The van der Waals surface area contributed by atoms with Crippen LogP contribution in [0.2, 0.25) is 0 Å². The van der Waals surface area contributed by atoms with Crippen molar-refractivity contribution in [3.8, 4) is 0 Å². The maximum Gasteiger partial charge on any atom is 0.255 e. The van der Waals surface area contributed by atoms with Crippen LogP contribution in [0.25, 0.3) is 0 Å². The Morgan fingerprint density at radius 2 is 2.41 bits per heavy atom. The van der Waals surface area contributed by atoms with Crippen molar-refractivity contribution < 1.29 is 4.79 Å². The molecule has 92 valence electrons. The quantitative estimate of drug-likeness (QED) is 0.853. The van der Waals surface area contributed by atoms with Crippen LogP contribution in [-0.2, 0) is 0 Å². The van der Waals surface area contributed by atoms with E-state index in [9.17, 15) is 4.79 Å². The fourth-order valence-corrected chi connectivity index (χ4v) is 2.31. The van der Waals surface area contributed by atoms with Crippen LogP contribution < -0.4 is 5.32 Å². The van der Waals surface area contributed by atoms with Crippen LogP contribution in [-0.4, -0.2) is 41.5 Å². The molecule has 1 unspecified atom stereocenters. The summed E-state index contributed by atoms with van der Waals surface area (Å²) in [6.07, 6.45) is 4.46. The molecule has 2 rings (SSSR count). The molecule has 4 heteroatoms. The zero-order chi connectivity index (χ0) is 12.3.